The average Bonchev–Trinajstić information content (AvgIpc) is 3.26. The number of aryl methyl sites for hydroxylation is 1. The molecule has 0 radical (unpaired) electrons. The number of benzene rings is 3. The summed E-state index contributed by atoms with van der Waals surface area (Å²) in [6.45, 7) is 1.70. The van der Waals surface area contributed by atoms with Crippen molar-refractivity contribution in [3.8, 4) is 11.5 Å². The molecule has 1 amide bonds. The Morgan fingerprint density at radius 3 is 2.45 bits per heavy atom. The lowest BCUT2D eigenvalue weighted by Crippen LogP contribution is -2.38. The van der Waals surface area contributed by atoms with Crippen LogP contribution in [-0.2, 0) is 21.2 Å². The first-order chi connectivity index (χ1) is 15.0. The second kappa shape index (κ2) is 8.69. The predicted octanol–water partition coefficient (Wildman–Crippen LogP) is 3.81. The Kier molecular flexibility index (Phi) is 5.81. The molecule has 0 saturated carbocycles. The van der Waals surface area contributed by atoms with Gasteiger partial charge in [-0.15, -0.1) is 0 Å². The van der Waals surface area contributed by atoms with Crippen molar-refractivity contribution in [3.05, 3.63) is 78.4 Å². The van der Waals surface area contributed by atoms with Crippen LogP contribution in [0.3, 0.4) is 0 Å². The molecule has 8 heteroatoms. The van der Waals surface area contributed by atoms with E-state index in [2.05, 4.69) is 5.32 Å². The largest absolute Gasteiger partial charge is 0.454 e. The molecule has 4 rings (SSSR count). The summed E-state index contributed by atoms with van der Waals surface area (Å²) in [5.74, 6) is 0.662. The van der Waals surface area contributed by atoms with Crippen LogP contribution in [0.15, 0.2) is 77.7 Å². The minimum atomic E-state index is -3.96. The van der Waals surface area contributed by atoms with Crippen molar-refractivity contribution in [2.45, 2.75) is 18.2 Å². The van der Waals surface area contributed by atoms with Gasteiger partial charge in [-0.2, -0.15) is 0 Å². The summed E-state index contributed by atoms with van der Waals surface area (Å²) in [5.41, 5.74) is 1.81. The first kappa shape index (κ1) is 20.7. The summed E-state index contributed by atoms with van der Waals surface area (Å²) < 4.78 is 38.7. The highest BCUT2D eigenvalue weighted by atomic mass is 32.2. The Bertz CT molecular complexity index is 1200. The normalized spacial score (nSPS) is 12.4. The molecular formula is C23H22N2O5S. The van der Waals surface area contributed by atoms with E-state index < -0.39 is 15.9 Å². The molecule has 1 N–H and O–H groups in total. The van der Waals surface area contributed by atoms with Crippen molar-refractivity contribution in [2.24, 2.45) is 0 Å². The molecule has 3 aromatic rings. The van der Waals surface area contributed by atoms with E-state index in [0.717, 1.165) is 9.87 Å². The van der Waals surface area contributed by atoms with Crippen molar-refractivity contribution in [1.29, 1.82) is 0 Å². The van der Waals surface area contributed by atoms with Crippen LogP contribution < -0.4 is 19.1 Å². The second-order valence-electron chi connectivity index (χ2n) is 6.92. The lowest BCUT2D eigenvalue weighted by Gasteiger charge is -2.26. The van der Waals surface area contributed by atoms with E-state index in [-0.39, 0.29) is 18.2 Å². The molecular weight excluding hydrogens is 416 g/mol. The zero-order valence-corrected chi connectivity index (χ0v) is 17.8. The Morgan fingerprint density at radius 1 is 0.968 bits per heavy atom. The van der Waals surface area contributed by atoms with Crippen LogP contribution in [0.5, 0.6) is 11.5 Å². The summed E-state index contributed by atoms with van der Waals surface area (Å²) in [5, 5.41) is 2.75. The smallest absolute Gasteiger partial charge is 0.264 e. The topological polar surface area (TPSA) is 84.9 Å². The second-order valence-corrected chi connectivity index (χ2v) is 8.79. The number of nitrogens with one attached hydrogen (secondary N) is 1. The van der Waals surface area contributed by atoms with Crippen molar-refractivity contribution >= 4 is 27.3 Å². The molecule has 0 fully saturated rings. The number of fused-ring (bicyclic) bond motifs is 1. The molecule has 0 unspecified atom stereocenters. The number of rotatable bonds is 7. The number of nitrogens with zero attached hydrogens (tertiary/aromatic N) is 1. The van der Waals surface area contributed by atoms with E-state index in [1.54, 1.807) is 48.5 Å². The quantitative estimate of drug-likeness (QED) is 0.606. The number of carbonyl (C=O) groups excluding carboxylic acids is 1. The van der Waals surface area contributed by atoms with Crippen LogP contribution in [0.4, 0.5) is 11.4 Å². The number of sulfonamides is 1. The Morgan fingerprint density at radius 2 is 1.68 bits per heavy atom. The molecule has 7 nitrogen and oxygen atoms in total. The SMILES string of the molecule is CCc1ccccc1N(CC(=O)Nc1ccc2c(c1)OCO2)S(=O)(=O)c1ccccc1. The molecule has 31 heavy (non-hydrogen) atoms. The summed E-state index contributed by atoms with van der Waals surface area (Å²) in [6.07, 6.45) is 0.626. The van der Waals surface area contributed by atoms with E-state index in [1.807, 2.05) is 19.1 Å². The first-order valence-corrected chi connectivity index (χ1v) is 11.3. The molecule has 0 saturated heterocycles. The first-order valence-electron chi connectivity index (χ1n) is 9.84. The van der Waals surface area contributed by atoms with Gasteiger partial charge in [0.05, 0.1) is 10.6 Å². The summed E-state index contributed by atoms with van der Waals surface area (Å²) in [6, 6.07) is 20.3. The molecule has 0 atom stereocenters. The monoisotopic (exact) mass is 438 g/mol. The third kappa shape index (κ3) is 4.34. The van der Waals surface area contributed by atoms with E-state index in [4.69, 9.17) is 9.47 Å². The molecule has 1 aliphatic rings. The van der Waals surface area contributed by atoms with Crippen LogP contribution in [0.2, 0.25) is 0 Å². The minimum absolute atomic E-state index is 0.122. The lowest BCUT2D eigenvalue weighted by atomic mass is 10.1. The third-order valence-corrected chi connectivity index (χ3v) is 6.69. The number of ether oxygens (including phenoxy) is 2. The Hall–Kier alpha value is -3.52. The summed E-state index contributed by atoms with van der Waals surface area (Å²) in [7, 11) is -3.96. The summed E-state index contributed by atoms with van der Waals surface area (Å²) >= 11 is 0. The van der Waals surface area contributed by atoms with Gasteiger partial charge in [-0.05, 0) is 42.3 Å². The molecule has 1 heterocycles. The van der Waals surface area contributed by atoms with E-state index in [1.165, 1.54) is 12.1 Å². The minimum Gasteiger partial charge on any atom is -0.454 e. The van der Waals surface area contributed by atoms with E-state index in [9.17, 15) is 13.2 Å². The Labute approximate surface area is 181 Å². The molecule has 160 valence electrons. The van der Waals surface area contributed by atoms with Crippen molar-refractivity contribution in [1.82, 2.24) is 0 Å². The van der Waals surface area contributed by atoms with Gasteiger partial charge in [0.25, 0.3) is 10.0 Å². The van der Waals surface area contributed by atoms with Crippen LogP contribution in [0.25, 0.3) is 0 Å². The number of carbonyl (C=O) groups is 1. The molecule has 0 bridgehead atoms. The molecule has 1 aliphatic heterocycles. The van der Waals surface area contributed by atoms with Crippen LogP contribution in [-0.4, -0.2) is 27.7 Å². The van der Waals surface area contributed by atoms with Gasteiger partial charge in [-0.25, -0.2) is 8.42 Å². The fourth-order valence-corrected chi connectivity index (χ4v) is 4.86. The van der Waals surface area contributed by atoms with Crippen LogP contribution in [0.1, 0.15) is 12.5 Å². The number of para-hydroxylation sites is 1. The van der Waals surface area contributed by atoms with Gasteiger partial charge in [0.15, 0.2) is 11.5 Å². The zero-order valence-electron chi connectivity index (χ0n) is 16.9. The highest BCUT2D eigenvalue weighted by Crippen LogP contribution is 2.34. The van der Waals surface area contributed by atoms with Crippen molar-refractivity contribution < 1.29 is 22.7 Å². The van der Waals surface area contributed by atoms with Gasteiger partial charge in [0.2, 0.25) is 12.7 Å². The predicted molar refractivity (Wildman–Crippen MR) is 118 cm³/mol. The number of anilines is 2. The van der Waals surface area contributed by atoms with Gasteiger partial charge in [0.1, 0.15) is 6.54 Å². The maximum absolute atomic E-state index is 13.5. The zero-order chi connectivity index (χ0) is 21.8. The maximum atomic E-state index is 13.5. The molecule has 0 aliphatic carbocycles. The molecule has 0 spiro atoms. The molecule has 3 aromatic carbocycles. The van der Waals surface area contributed by atoms with E-state index >= 15 is 0 Å². The number of hydrogen-bond donors (Lipinski definition) is 1. The lowest BCUT2D eigenvalue weighted by molar-refractivity contribution is -0.114. The van der Waals surface area contributed by atoms with E-state index in [0.29, 0.717) is 29.3 Å². The van der Waals surface area contributed by atoms with Crippen molar-refractivity contribution in [3.63, 3.8) is 0 Å². The maximum Gasteiger partial charge on any atom is 0.264 e. The highest BCUT2D eigenvalue weighted by molar-refractivity contribution is 7.92. The van der Waals surface area contributed by atoms with Gasteiger partial charge in [-0.3, -0.25) is 9.10 Å². The average molecular weight is 439 g/mol. The Balaban J connectivity index is 1.65. The third-order valence-electron chi connectivity index (χ3n) is 4.92. The van der Waals surface area contributed by atoms with Gasteiger partial charge < -0.3 is 14.8 Å². The standard InChI is InChI=1S/C23H22N2O5S/c1-2-17-8-6-7-11-20(17)25(31(27,28)19-9-4-3-5-10-19)15-23(26)24-18-12-13-21-22(14-18)30-16-29-21/h3-14H,2,15-16H2,1H3,(H,24,26). The number of amides is 1. The van der Waals surface area contributed by atoms with Crippen molar-refractivity contribution in [2.75, 3.05) is 23.0 Å². The van der Waals surface area contributed by atoms with Crippen LogP contribution in [0, 0.1) is 0 Å². The van der Waals surface area contributed by atoms with Gasteiger partial charge >= 0.3 is 0 Å². The van der Waals surface area contributed by atoms with Crippen LogP contribution >= 0.6 is 0 Å². The number of hydrogen-bond acceptors (Lipinski definition) is 5. The fourth-order valence-electron chi connectivity index (χ4n) is 3.38. The molecule has 0 aromatic heterocycles. The highest BCUT2D eigenvalue weighted by Gasteiger charge is 2.28. The summed E-state index contributed by atoms with van der Waals surface area (Å²) in [4.78, 5) is 13.0. The van der Waals surface area contributed by atoms with Gasteiger partial charge in [0, 0.05) is 11.8 Å². The fraction of sp³-hybridized carbons (Fsp3) is 0.174. The van der Waals surface area contributed by atoms with Gasteiger partial charge in [-0.1, -0.05) is 43.3 Å².